The smallest absolute Gasteiger partial charge is 0.0181 e. The van der Waals surface area contributed by atoms with Crippen molar-refractivity contribution in [1.82, 2.24) is 4.90 Å². The van der Waals surface area contributed by atoms with Crippen molar-refractivity contribution in [3.8, 4) is 0 Å². The van der Waals surface area contributed by atoms with E-state index in [0.717, 1.165) is 18.8 Å². The van der Waals surface area contributed by atoms with E-state index in [1.807, 2.05) is 0 Å². The lowest BCUT2D eigenvalue weighted by Crippen LogP contribution is -2.35. The molecule has 0 bridgehead atoms. The van der Waals surface area contributed by atoms with Crippen LogP contribution in [0.4, 0.5) is 0 Å². The minimum atomic E-state index is 0. The van der Waals surface area contributed by atoms with Gasteiger partial charge in [-0.2, -0.15) is 12.6 Å². The highest BCUT2D eigenvalue weighted by molar-refractivity contribution is 7.80. The fourth-order valence-corrected chi connectivity index (χ4v) is 1.73. The summed E-state index contributed by atoms with van der Waals surface area (Å²) in [7, 11) is 0. The molecule has 0 aliphatic carbocycles. The highest BCUT2D eigenvalue weighted by atomic mass is 32.1. The molecule has 0 heterocycles. The molecule has 3 radical (unpaired) electrons. The average molecular weight is 172 g/mol. The Hall–Kier alpha value is 0.375. The standard InChI is InChI=1S/C8H19NS.B/c1-4-8(7-10)9(5-2)6-3;/h8,10H,4-7H2,1-3H3;. The number of hydrogen-bond donors (Lipinski definition) is 1. The quantitative estimate of drug-likeness (QED) is 0.487. The molecule has 0 fully saturated rings. The van der Waals surface area contributed by atoms with Gasteiger partial charge in [0.25, 0.3) is 0 Å². The first kappa shape index (κ1) is 13.9. The molecule has 0 aromatic carbocycles. The maximum atomic E-state index is 4.30. The molecular formula is C8H19BNS. The van der Waals surface area contributed by atoms with Gasteiger partial charge in [-0.15, -0.1) is 0 Å². The molecule has 0 aliphatic rings. The van der Waals surface area contributed by atoms with Crippen LogP contribution in [0.5, 0.6) is 0 Å². The van der Waals surface area contributed by atoms with Crippen LogP contribution in [-0.2, 0) is 0 Å². The second kappa shape index (κ2) is 8.47. The Morgan fingerprint density at radius 1 is 1.18 bits per heavy atom. The molecule has 0 N–H and O–H groups in total. The molecule has 0 saturated carbocycles. The molecule has 3 heteroatoms. The Balaban J connectivity index is 0. The lowest BCUT2D eigenvalue weighted by molar-refractivity contribution is 0.230. The minimum absolute atomic E-state index is 0. The SMILES string of the molecule is CCC(CS)N(CC)CC.[B]. The predicted molar refractivity (Wildman–Crippen MR) is 56.6 cm³/mol. The van der Waals surface area contributed by atoms with Gasteiger partial charge in [0.15, 0.2) is 0 Å². The fourth-order valence-electron chi connectivity index (χ4n) is 1.24. The van der Waals surface area contributed by atoms with Crippen LogP contribution in [0.3, 0.4) is 0 Å². The topological polar surface area (TPSA) is 3.24 Å². The van der Waals surface area contributed by atoms with Crippen LogP contribution in [0.1, 0.15) is 27.2 Å². The van der Waals surface area contributed by atoms with Gasteiger partial charge >= 0.3 is 0 Å². The molecule has 0 aromatic heterocycles. The molecule has 65 valence electrons. The normalized spacial score (nSPS) is 12.8. The van der Waals surface area contributed by atoms with Gasteiger partial charge in [0.2, 0.25) is 0 Å². The van der Waals surface area contributed by atoms with Gasteiger partial charge in [-0.1, -0.05) is 20.8 Å². The summed E-state index contributed by atoms with van der Waals surface area (Å²) < 4.78 is 0. The summed E-state index contributed by atoms with van der Waals surface area (Å²) in [6.45, 7) is 8.93. The van der Waals surface area contributed by atoms with E-state index in [0.29, 0.717) is 6.04 Å². The third-order valence-electron chi connectivity index (χ3n) is 2.01. The first-order valence-electron chi connectivity index (χ1n) is 4.14. The molecule has 0 aliphatic heterocycles. The monoisotopic (exact) mass is 172 g/mol. The van der Waals surface area contributed by atoms with Crippen LogP contribution in [-0.4, -0.2) is 38.2 Å². The summed E-state index contributed by atoms with van der Waals surface area (Å²) in [4.78, 5) is 2.45. The first-order valence-corrected chi connectivity index (χ1v) is 4.78. The molecule has 0 spiro atoms. The Bertz CT molecular complexity index is 62.5. The Kier molecular flexibility index (Phi) is 10.7. The van der Waals surface area contributed by atoms with Crippen LogP contribution in [0.2, 0.25) is 0 Å². The average Bonchev–Trinajstić information content (AvgIpc) is 2.00. The second-order valence-electron chi connectivity index (χ2n) is 2.47. The number of nitrogens with zero attached hydrogens (tertiary/aromatic N) is 1. The lowest BCUT2D eigenvalue weighted by Gasteiger charge is -2.26. The number of hydrogen-bond acceptors (Lipinski definition) is 2. The molecule has 0 amide bonds. The predicted octanol–water partition coefficient (Wildman–Crippen LogP) is 1.66. The second-order valence-corrected chi connectivity index (χ2v) is 2.83. The van der Waals surface area contributed by atoms with E-state index >= 15 is 0 Å². The van der Waals surface area contributed by atoms with Crippen LogP contribution in [0.25, 0.3) is 0 Å². The van der Waals surface area contributed by atoms with Gasteiger partial charge in [-0.05, 0) is 19.5 Å². The zero-order valence-corrected chi connectivity index (χ0v) is 8.77. The maximum Gasteiger partial charge on any atom is 0.0181 e. The van der Waals surface area contributed by atoms with Gasteiger partial charge in [0, 0.05) is 20.2 Å². The van der Waals surface area contributed by atoms with Crippen LogP contribution in [0, 0.1) is 0 Å². The molecule has 1 atom stereocenters. The van der Waals surface area contributed by atoms with Crippen LogP contribution in [0.15, 0.2) is 0 Å². The maximum absolute atomic E-state index is 4.30. The van der Waals surface area contributed by atoms with Gasteiger partial charge < -0.3 is 4.90 Å². The zero-order valence-electron chi connectivity index (χ0n) is 7.88. The largest absolute Gasteiger partial charge is 0.300 e. The van der Waals surface area contributed by atoms with E-state index in [-0.39, 0.29) is 8.41 Å². The van der Waals surface area contributed by atoms with Crippen molar-refractivity contribution >= 4 is 21.0 Å². The zero-order chi connectivity index (χ0) is 7.98. The summed E-state index contributed by atoms with van der Waals surface area (Å²) in [5, 5.41) is 0. The minimum Gasteiger partial charge on any atom is -0.300 e. The highest BCUT2D eigenvalue weighted by Gasteiger charge is 2.09. The van der Waals surface area contributed by atoms with E-state index in [2.05, 4.69) is 38.3 Å². The van der Waals surface area contributed by atoms with Crippen molar-refractivity contribution in [3.63, 3.8) is 0 Å². The van der Waals surface area contributed by atoms with Crippen molar-refractivity contribution in [2.75, 3.05) is 18.8 Å². The summed E-state index contributed by atoms with van der Waals surface area (Å²) >= 11 is 4.30. The molecular weight excluding hydrogens is 153 g/mol. The first-order chi connectivity index (χ1) is 4.79. The van der Waals surface area contributed by atoms with E-state index in [1.165, 1.54) is 6.42 Å². The molecule has 0 aromatic rings. The third-order valence-corrected chi connectivity index (χ3v) is 2.43. The van der Waals surface area contributed by atoms with Crippen molar-refractivity contribution in [1.29, 1.82) is 0 Å². The Labute approximate surface area is 78.5 Å². The molecule has 0 saturated heterocycles. The molecule has 1 nitrogen and oxygen atoms in total. The lowest BCUT2D eigenvalue weighted by atomic mass is 10.2. The van der Waals surface area contributed by atoms with Gasteiger partial charge in [0.1, 0.15) is 0 Å². The fraction of sp³-hybridized carbons (Fsp3) is 1.00. The molecule has 1 unspecified atom stereocenters. The van der Waals surface area contributed by atoms with E-state index in [4.69, 9.17) is 0 Å². The number of rotatable bonds is 5. The summed E-state index contributed by atoms with van der Waals surface area (Å²) in [5.41, 5.74) is 0. The molecule has 11 heavy (non-hydrogen) atoms. The van der Waals surface area contributed by atoms with E-state index in [1.54, 1.807) is 0 Å². The van der Waals surface area contributed by atoms with Crippen molar-refractivity contribution < 1.29 is 0 Å². The molecule has 0 rings (SSSR count). The van der Waals surface area contributed by atoms with Gasteiger partial charge in [-0.3, -0.25) is 0 Å². The van der Waals surface area contributed by atoms with Crippen molar-refractivity contribution in [3.05, 3.63) is 0 Å². The Morgan fingerprint density at radius 2 is 1.64 bits per heavy atom. The van der Waals surface area contributed by atoms with Crippen molar-refractivity contribution in [2.45, 2.75) is 33.2 Å². The van der Waals surface area contributed by atoms with Gasteiger partial charge in [0.05, 0.1) is 0 Å². The van der Waals surface area contributed by atoms with E-state index in [9.17, 15) is 0 Å². The summed E-state index contributed by atoms with van der Waals surface area (Å²) in [5.74, 6) is 0.984. The van der Waals surface area contributed by atoms with Gasteiger partial charge in [-0.25, -0.2) is 0 Å². The summed E-state index contributed by atoms with van der Waals surface area (Å²) in [6.07, 6.45) is 1.21. The number of thiol groups is 1. The highest BCUT2D eigenvalue weighted by Crippen LogP contribution is 2.04. The van der Waals surface area contributed by atoms with Crippen LogP contribution >= 0.6 is 12.6 Å². The van der Waals surface area contributed by atoms with Crippen LogP contribution < -0.4 is 0 Å². The van der Waals surface area contributed by atoms with E-state index < -0.39 is 0 Å². The Morgan fingerprint density at radius 3 is 1.73 bits per heavy atom. The van der Waals surface area contributed by atoms with Crippen molar-refractivity contribution in [2.24, 2.45) is 0 Å². The summed E-state index contributed by atoms with van der Waals surface area (Å²) in [6, 6.07) is 0.679. The third kappa shape index (κ3) is 4.75.